The van der Waals surface area contributed by atoms with E-state index in [2.05, 4.69) is 48.7 Å². The van der Waals surface area contributed by atoms with Crippen molar-refractivity contribution in [2.24, 2.45) is 5.92 Å². The molecule has 1 amide bonds. The van der Waals surface area contributed by atoms with E-state index in [-0.39, 0.29) is 5.91 Å². The van der Waals surface area contributed by atoms with E-state index in [0.717, 1.165) is 32.5 Å². The molecular weight excluding hydrogens is 248 g/mol. The van der Waals surface area contributed by atoms with E-state index in [9.17, 15) is 4.79 Å². The maximum Gasteiger partial charge on any atom is 0.221 e. The van der Waals surface area contributed by atoms with Gasteiger partial charge in [0.1, 0.15) is 0 Å². The third kappa shape index (κ3) is 8.70. The Morgan fingerprint density at radius 2 is 1.85 bits per heavy atom. The fraction of sp³-hybridized carbons (Fsp3) is 0.588. The predicted molar refractivity (Wildman–Crippen MR) is 84.7 cm³/mol. The van der Waals surface area contributed by atoms with Gasteiger partial charge in [-0.3, -0.25) is 4.79 Å². The van der Waals surface area contributed by atoms with Gasteiger partial charge in [-0.2, -0.15) is 0 Å². The fourth-order valence-electron chi connectivity index (χ4n) is 1.97. The van der Waals surface area contributed by atoms with Crippen LogP contribution in [0.3, 0.4) is 0 Å². The van der Waals surface area contributed by atoms with Crippen molar-refractivity contribution in [1.29, 1.82) is 0 Å². The Morgan fingerprint density at radius 3 is 2.55 bits per heavy atom. The molecule has 0 radical (unpaired) electrons. The number of aryl methyl sites for hydroxylation is 1. The summed E-state index contributed by atoms with van der Waals surface area (Å²) in [6.45, 7) is 6.96. The Balaban J connectivity index is 1.95. The summed E-state index contributed by atoms with van der Waals surface area (Å²) in [5.74, 6) is 0.865. The molecule has 0 saturated carbocycles. The summed E-state index contributed by atoms with van der Waals surface area (Å²) in [7, 11) is 0. The van der Waals surface area contributed by atoms with Crippen molar-refractivity contribution in [3.05, 3.63) is 35.9 Å². The van der Waals surface area contributed by atoms with Crippen LogP contribution in [0, 0.1) is 5.92 Å². The van der Waals surface area contributed by atoms with Crippen molar-refractivity contribution in [2.75, 3.05) is 19.6 Å². The van der Waals surface area contributed by atoms with Crippen LogP contribution in [0.15, 0.2) is 30.3 Å². The first-order valence-electron chi connectivity index (χ1n) is 7.70. The highest BCUT2D eigenvalue weighted by atomic mass is 16.1. The van der Waals surface area contributed by atoms with Gasteiger partial charge < -0.3 is 10.6 Å². The molecule has 112 valence electrons. The zero-order valence-corrected chi connectivity index (χ0v) is 12.8. The molecule has 0 unspecified atom stereocenters. The third-order valence-corrected chi connectivity index (χ3v) is 3.23. The zero-order valence-electron chi connectivity index (χ0n) is 12.8. The molecule has 2 N–H and O–H groups in total. The number of rotatable bonds is 10. The van der Waals surface area contributed by atoms with E-state index in [1.807, 2.05) is 6.07 Å². The van der Waals surface area contributed by atoms with E-state index in [1.165, 1.54) is 12.0 Å². The van der Waals surface area contributed by atoms with Crippen LogP contribution in [0.4, 0.5) is 0 Å². The Labute approximate surface area is 123 Å². The number of amides is 1. The maximum atomic E-state index is 11.6. The molecule has 1 rings (SSSR count). The van der Waals surface area contributed by atoms with E-state index < -0.39 is 0 Å². The van der Waals surface area contributed by atoms with Gasteiger partial charge in [0.15, 0.2) is 0 Å². The predicted octanol–water partition coefficient (Wildman–Crippen LogP) is 2.76. The molecule has 0 heterocycles. The van der Waals surface area contributed by atoms with Crippen molar-refractivity contribution in [1.82, 2.24) is 10.6 Å². The quantitative estimate of drug-likeness (QED) is 0.645. The molecule has 0 aliphatic rings. The molecule has 20 heavy (non-hydrogen) atoms. The third-order valence-electron chi connectivity index (χ3n) is 3.23. The van der Waals surface area contributed by atoms with Gasteiger partial charge in [0.25, 0.3) is 0 Å². The average Bonchev–Trinajstić information content (AvgIpc) is 2.44. The summed E-state index contributed by atoms with van der Waals surface area (Å²) in [5, 5.41) is 6.28. The Kier molecular flexibility index (Phi) is 8.72. The lowest BCUT2D eigenvalue weighted by Crippen LogP contribution is -2.29. The highest BCUT2D eigenvalue weighted by Crippen LogP contribution is 2.01. The topological polar surface area (TPSA) is 41.1 Å². The van der Waals surface area contributed by atoms with E-state index >= 15 is 0 Å². The SMILES string of the molecule is CC(C)CCNCCC(=O)NCCCc1ccccc1. The van der Waals surface area contributed by atoms with Crippen LogP contribution in [0.5, 0.6) is 0 Å². The largest absolute Gasteiger partial charge is 0.356 e. The van der Waals surface area contributed by atoms with Crippen molar-refractivity contribution < 1.29 is 4.79 Å². The summed E-state index contributed by atoms with van der Waals surface area (Å²) < 4.78 is 0. The Morgan fingerprint density at radius 1 is 1.10 bits per heavy atom. The molecule has 0 spiro atoms. The minimum Gasteiger partial charge on any atom is -0.356 e. The first-order chi connectivity index (χ1) is 9.68. The van der Waals surface area contributed by atoms with Crippen molar-refractivity contribution in [2.45, 2.75) is 39.5 Å². The minimum absolute atomic E-state index is 0.148. The van der Waals surface area contributed by atoms with Gasteiger partial charge >= 0.3 is 0 Å². The lowest BCUT2D eigenvalue weighted by Gasteiger charge is -2.08. The fourth-order valence-corrected chi connectivity index (χ4v) is 1.97. The van der Waals surface area contributed by atoms with Crippen molar-refractivity contribution >= 4 is 5.91 Å². The van der Waals surface area contributed by atoms with Crippen LogP contribution >= 0.6 is 0 Å². The number of hydrogen-bond acceptors (Lipinski definition) is 2. The molecule has 3 heteroatoms. The molecule has 0 aliphatic carbocycles. The monoisotopic (exact) mass is 276 g/mol. The number of benzene rings is 1. The minimum atomic E-state index is 0.148. The van der Waals surface area contributed by atoms with Crippen molar-refractivity contribution in [3.8, 4) is 0 Å². The van der Waals surface area contributed by atoms with Gasteiger partial charge in [-0.1, -0.05) is 44.2 Å². The van der Waals surface area contributed by atoms with Crippen LogP contribution in [0.25, 0.3) is 0 Å². The van der Waals surface area contributed by atoms with Crippen molar-refractivity contribution in [3.63, 3.8) is 0 Å². The molecule has 1 aromatic rings. The van der Waals surface area contributed by atoms with E-state index in [1.54, 1.807) is 0 Å². The van der Waals surface area contributed by atoms with Crippen LogP contribution in [0.1, 0.15) is 38.7 Å². The molecule has 0 aliphatic heterocycles. The van der Waals surface area contributed by atoms with Crippen LogP contribution in [-0.2, 0) is 11.2 Å². The van der Waals surface area contributed by atoms with Gasteiger partial charge in [-0.15, -0.1) is 0 Å². The van der Waals surface area contributed by atoms with Gasteiger partial charge in [0.05, 0.1) is 0 Å². The highest BCUT2D eigenvalue weighted by Gasteiger charge is 2.00. The molecule has 0 fully saturated rings. The normalized spacial score (nSPS) is 10.8. The van der Waals surface area contributed by atoms with Gasteiger partial charge in [0.2, 0.25) is 5.91 Å². The van der Waals surface area contributed by atoms with Gasteiger partial charge in [-0.25, -0.2) is 0 Å². The second-order valence-electron chi connectivity index (χ2n) is 5.62. The summed E-state index contributed by atoms with van der Waals surface area (Å²) in [4.78, 5) is 11.6. The maximum absolute atomic E-state index is 11.6. The summed E-state index contributed by atoms with van der Waals surface area (Å²) >= 11 is 0. The Hall–Kier alpha value is -1.35. The molecule has 0 bridgehead atoms. The van der Waals surface area contributed by atoms with E-state index in [0.29, 0.717) is 12.3 Å². The summed E-state index contributed by atoms with van der Waals surface area (Å²) in [6, 6.07) is 10.4. The second kappa shape index (κ2) is 10.4. The molecule has 1 aromatic carbocycles. The Bertz CT molecular complexity index is 363. The first kappa shape index (κ1) is 16.7. The number of carbonyl (C=O) groups excluding carboxylic acids is 1. The van der Waals surface area contributed by atoms with Gasteiger partial charge in [-0.05, 0) is 37.3 Å². The molecular formula is C17H28N2O. The molecule has 3 nitrogen and oxygen atoms in total. The number of hydrogen-bond donors (Lipinski definition) is 2. The van der Waals surface area contributed by atoms with Gasteiger partial charge in [0, 0.05) is 19.5 Å². The van der Waals surface area contributed by atoms with E-state index in [4.69, 9.17) is 0 Å². The van der Waals surface area contributed by atoms with Crippen LogP contribution in [0.2, 0.25) is 0 Å². The smallest absolute Gasteiger partial charge is 0.221 e. The highest BCUT2D eigenvalue weighted by molar-refractivity contribution is 5.75. The zero-order chi connectivity index (χ0) is 14.6. The first-order valence-corrected chi connectivity index (χ1v) is 7.70. The lowest BCUT2D eigenvalue weighted by atomic mass is 10.1. The van der Waals surface area contributed by atoms with Crippen LogP contribution < -0.4 is 10.6 Å². The number of carbonyl (C=O) groups is 1. The molecule has 0 aromatic heterocycles. The second-order valence-corrected chi connectivity index (χ2v) is 5.62. The number of nitrogens with one attached hydrogen (secondary N) is 2. The molecule has 0 saturated heterocycles. The average molecular weight is 276 g/mol. The van der Waals surface area contributed by atoms with Crippen LogP contribution in [-0.4, -0.2) is 25.5 Å². The molecule has 0 atom stereocenters. The standard InChI is InChI=1S/C17H28N2O/c1-15(2)10-13-18-14-11-17(20)19-12-6-9-16-7-4-3-5-8-16/h3-5,7-8,15,18H,6,9-14H2,1-2H3,(H,19,20). The summed E-state index contributed by atoms with van der Waals surface area (Å²) in [6.07, 6.45) is 3.76. The lowest BCUT2D eigenvalue weighted by molar-refractivity contribution is -0.120. The summed E-state index contributed by atoms with van der Waals surface area (Å²) in [5.41, 5.74) is 1.33.